The minimum absolute atomic E-state index is 0.261. The van der Waals surface area contributed by atoms with E-state index in [4.69, 9.17) is 9.47 Å². The molecule has 1 aliphatic heterocycles. The molecule has 2 unspecified atom stereocenters. The predicted octanol–water partition coefficient (Wildman–Crippen LogP) is 1.07. The van der Waals surface area contributed by atoms with Crippen LogP contribution in [0.15, 0.2) is 30.3 Å². The maximum Gasteiger partial charge on any atom is 0.326 e. The van der Waals surface area contributed by atoms with Crippen LogP contribution >= 0.6 is 0 Å². The molecule has 1 saturated heterocycles. The first kappa shape index (κ1) is 15.5. The summed E-state index contributed by atoms with van der Waals surface area (Å²) in [7, 11) is 2.96. The van der Waals surface area contributed by atoms with E-state index in [0.717, 1.165) is 0 Å². The first-order valence-corrected chi connectivity index (χ1v) is 6.72. The molecule has 0 radical (unpaired) electrons. The smallest absolute Gasteiger partial charge is 0.326 e. The third-order valence-electron chi connectivity index (χ3n) is 3.73. The first-order chi connectivity index (χ1) is 10.1. The molecule has 2 rings (SSSR count). The molecule has 1 aliphatic rings. The number of hydrogen-bond acceptors (Lipinski definition) is 4. The fourth-order valence-electron chi connectivity index (χ4n) is 2.60. The van der Waals surface area contributed by atoms with Gasteiger partial charge in [-0.05, 0) is 5.56 Å². The number of amides is 1. The quantitative estimate of drug-likeness (QED) is 0.879. The van der Waals surface area contributed by atoms with Gasteiger partial charge in [-0.1, -0.05) is 30.3 Å². The topological polar surface area (TPSA) is 76.1 Å². The van der Waals surface area contributed by atoms with Gasteiger partial charge in [-0.15, -0.1) is 0 Å². The summed E-state index contributed by atoms with van der Waals surface area (Å²) in [5.41, 5.74) is 0.704. The third-order valence-corrected chi connectivity index (χ3v) is 3.73. The van der Waals surface area contributed by atoms with Crippen LogP contribution in [0, 0.1) is 0 Å². The summed E-state index contributed by atoms with van der Waals surface area (Å²) < 4.78 is 10.5. The number of nitrogens with zero attached hydrogens (tertiary/aromatic N) is 1. The Bertz CT molecular complexity index is 504. The summed E-state index contributed by atoms with van der Waals surface area (Å²) >= 11 is 0. The zero-order chi connectivity index (χ0) is 15.4. The maximum absolute atomic E-state index is 12.6. The predicted molar refractivity (Wildman–Crippen MR) is 74.7 cm³/mol. The number of aliphatic carboxylic acids is 1. The monoisotopic (exact) mass is 293 g/mol. The van der Waals surface area contributed by atoms with Gasteiger partial charge in [-0.2, -0.15) is 0 Å². The number of carboxylic acids is 1. The standard InChI is InChI=1S/C15H19NO5/c1-20-11-8-12(15(18)19)16(9-11)14(17)13(21-2)10-6-4-3-5-7-10/h3-7,11-13H,8-9H2,1-2H3,(H,18,19)/t11?,12?,13-/m1/s1. The highest BCUT2D eigenvalue weighted by atomic mass is 16.5. The van der Waals surface area contributed by atoms with Crippen molar-refractivity contribution in [2.45, 2.75) is 24.7 Å². The Morgan fingerprint density at radius 1 is 1.29 bits per heavy atom. The van der Waals surface area contributed by atoms with Crippen molar-refractivity contribution in [3.63, 3.8) is 0 Å². The molecule has 1 amide bonds. The van der Waals surface area contributed by atoms with Crippen molar-refractivity contribution in [3.05, 3.63) is 35.9 Å². The van der Waals surface area contributed by atoms with Crippen LogP contribution in [-0.2, 0) is 19.1 Å². The van der Waals surface area contributed by atoms with E-state index in [1.807, 2.05) is 18.2 Å². The number of carbonyl (C=O) groups excluding carboxylic acids is 1. The van der Waals surface area contributed by atoms with E-state index in [9.17, 15) is 14.7 Å². The Hall–Kier alpha value is -1.92. The molecule has 1 N–H and O–H groups in total. The molecule has 0 spiro atoms. The van der Waals surface area contributed by atoms with Crippen molar-refractivity contribution in [2.75, 3.05) is 20.8 Å². The van der Waals surface area contributed by atoms with E-state index in [1.54, 1.807) is 12.1 Å². The molecule has 0 bridgehead atoms. The maximum atomic E-state index is 12.6. The van der Waals surface area contributed by atoms with Crippen molar-refractivity contribution < 1.29 is 24.2 Å². The van der Waals surface area contributed by atoms with Gasteiger partial charge in [0, 0.05) is 27.2 Å². The minimum atomic E-state index is -1.02. The molecular formula is C15H19NO5. The van der Waals surface area contributed by atoms with E-state index in [-0.39, 0.29) is 18.6 Å². The minimum Gasteiger partial charge on any atom is -0.480 e. The van der Waals surface area contributed by atoms with Gasteiger partial charge in [-0.25, -0.2) is 4.79 Å². The lowest BCUT2D eigenvalue weighted by molar-refractivity contribution is -0.153. The normalized spacial score (nSPS) is 23.0. The molecule has 1 fully saturated rings. The van der Waals surface area contributed by atoms with Crippen molar-refractivity contribution in [1.29, 1.82) is 0 Å². The molecular weight excluding hydrogens is 274 g/mol. The van der Waals surface area contributed by atoms with Crippen LogP contribution in [0.2, 0.25) is 0 Å². The number of hydrogen-bond donors (Lipinski definition) is 1. The van der Waals surface area contributed by atoms with Gasteiger partial charge in [-0.3, -0.25) is 4.79 Å². The van der Waals surface area contributed by atoms with Gasteiger partial charge in [0.05, 0.1) is 6.10 Å². The van der Waals surface area contributed by atoms with Gasteiger partial charge >= 0.3 is 5.97 Å². The second kappa shape index (κ2) is 6.69. The fourth-order valence-corrected chi connectivity index (χ4v) is 2.60. The first-order valence-electron chi connectivity index (χ1n) is 6.72. The summed E-state index contributed by atoms with van der Waals surface area (Å²) in [4.78, 5) is 25.3. The molecule has 0 aromatic heterocycles. The Balaban J connectivity index is 2.22. The lowest BCUT2D eigenvalue weighted by Gasteiger charge is -2.26. The lowest BCUT2D eigenvalue weighted by Crippen LogP contribution is -2.43. The van der Waals surface area contributed by atoms with Gasteiger partial charge in [0.25, 0.3) is 5.91 Å². The molecule has 114 valence electrons. The number of benzene rings is 1. The molecule has 3 atom stereocenters. The largest absolute Gasteiger partial charge is 0.480 e. The van der Waals surface area contributed by atoms with Crippen LogP contribution in [0.5, 0.6) is 0 Å². The third kappa shape index (κ3) is 3.22. The summed E-state index contributed by atoms with van der Waals surface area (Å²) in [6.07, 6.45) is -0.769. The molecule has 6 heteroatoms. The van der Waals surface area contributed by atoms with Crippen molar-refractivity contribution in [2.24, 2.45) is 0 Å². The number of methoxy groups -OCH3 is 2. The van der Waals surface area contributed by atoms with Crippen LogP contribution in [0.25, 0.3) is 0 Å². The van der Waals surface area contributed by atoms with Crippen molar-refractivity contribution in [3.8, 4) is 0 Å². The van der Waals surface area contributed by atoms with Gasteiger partial charge in [0.2, 0.25) is 0 Å². The van der Waals surface area contributed by atoms with Crippen molar-refractivity contribution >= 4 is 11.9 Å². The highest BCUT2D eigenvalue weighted by Crippen LogP contribution is 2.26. The average Bonchev–Trinajstić information content (AvgIpc) is 2.93. The lowest BCUT2D eigenvalue weighted by atomic mass is 10.1. The average molecular weight is 293 g/mol. The zero-order valence-corrected chi connectivity index (χ0v) is 12.1. The summed E-state index contributed by atoms with van der Waals surface area (Å²) in [5, 5.41) is 9.28. The van der Waals surface area contributed by atoms with E-state index in [1.165, 1.54) is 19.1 Å². The van der Waals surface area contributed by atoms with E-state index in [0.29, 0.717) is 12.0 Å². The molecule has 21 heavy (non-hydrogen) atoms. The molecule has 1 heterocycles. The molecule has 0 saturated carbocycles. The Labute approximate surface area is 123 Å². The second-order valence-corrected chi connectivity index (χ2v) is 4.96. The van der Waals surface area contributed by atoms with E-state index in [2.05, 4.69) is 0 Å². The van der Waals surface area contributed by atoms with Gasteiger partial charge < -0.3 is 19.5 Å². The summed E-state index contributed by atoms with van der Waals surface area (Å²) in [6.45, 7) is 0.263. The van der Waals surface area contributed by atoms with Crippen LogP contribution in [0.1, 0.15) is 18.1 Å². The molecule has 6 nitrogen and oxygen atoms in total. The number of likely N-dealkylation sites (tertiary alicyclic amines) is 1. The van der Waals surface area contributed by atoms with Crippen LogP contribution < -0.4 is 0 Å². The number of carboxylic acid groups (broad SMARTS) is 1. The fraction of sp³-hybridized carbons (Fsp3) is 0.467. The summed E-state index contributed by atoms with van der Waals surface area (Å²) in [5.74, 6) is -1.37. The molecule has 1 aromatic carbocycles. The van der Waals surface area contributed by atoms with Crippen LogP contribution in [0.4, 0.5) is 0 Å². The zero-order valence-electron chi connectivity index (χ0n) is 12.1. The number of ether oxygens (including phenoxy) is 2. The van der Waals surface area contributed by atoms with Crippen LogP contribution in [-0.4, -0.2) is 54.8 Å². The summed E-state index contributed by atoms with van der Waals surface area (Å²) in [6, 6.07) is 8.16. The SMILES string of the molecule is COC1CC(C(=O)O)N(C(=O)[C@H](OC)c2ccccc2)C1. The molecule has 1 aromatic rings. The highest BCUT2D eigenvalue weighted by molar-refractivity contribution is 5.88. The van der Waals surface area contributed by atoms with E-state index >= 15 is 0 Å². The van der Waals surface area contributed by atoms with E-state index < -0.39 is 18.1 Å². The van der Waals surface area contributed by atoms with Crippen LogP contribution in [0.3, 0.4) is 0 Å². The second-order valence-electron chi connectivity index (χ2n) is 4.96. The van der Waals surface area contributed by atoms with Crippen molar-refractivity contribution in [1.82, 2.24) is 4.90 Å². The highest BCUT2D eigenvalue weighted by Gasteiger charge is 2.42. The van der Waals surface area contributed by atoms with Gasteiger partial charge in [0.1, 0.15) is 6.04 Å². The Morgan fingerprint density at radius 2 is 1.95 bits per heavy atom. The Kier molecular flexibility index (Phi) is 4.93. The Morgan fingerprint density at radius 3 is 2.48 bits per heavy atom. The number of rotatable bonds is 5. The van der Waals surface area contributed by atoms with Gasteiger partial charge in [0.15, 0.2) is 6.10 Å². The molecule has 0 aliphatic carbocycles. The number of carbonyl (C=O) groups is 2.